The molecule has 0 spiro atoms. The van der Waals surface area contributed by atoms with Crippen LogP contribution in [-0.2, 0) is 30.2 Å². The van der Waals surface area contributed by atoms with Crippen LogP contribution in [0.1, 0.15) is 50.7 Å². The van der Waals surface area contributed by atoms with Crippen LogP contribution in [0.2, 0.25) is 5.02 Å². The molecule has 0 saturated heterocycles. The van der Waals surface area contributed by atoms with Gasteiger partial charge in [0.25, 0.3) is 0 Å². The minimum Gasteiger partial charge on any atom is -0.463 e. The van der Waals surface area contributed by atoms with E-state index < -0.39 is 17.5 Å². The van der Waals surface area contributed by atoms with Crippen LogP contribution in [0.25, 0.3) is 0 Å². The zero-order chi connectivity index (χ0) is 19.2. The third-order valence-corrected chi connectivity index (χ3v) is 5.05. The minimum atomic E-state index is -1.28. The number of ether oxygens (including phenoxy) is 3. The van der Waals surface area contributed by atoms with Gasteiger partial charge in [-0.2, -0.15) is 0 Å². The molecule has 26 heavy (non-hydrogen) atoms. The molecule has 1 aliphatic rings. The second kappa shape index (κ2) is 9.38. The van der Waals surface area contributed by atoms with E-state index in [1.807, 2.05) is 26.0 Å². The van der Waals surface area contributed by atoms with E-state index in [4.69, 9.17) is 25.8 Å². The van der Waals surface area contributed by atoms with Gasteiger partial charge in [0.1, 0.15) is 0 Å². The maximum absolute atomic E-state index is 12.6. The molecular weight excluding hydrogens is 356 g/mol. The average molecular weight is 383 g/mol. The summed E-state index contributed by atoms with van der Waals surface area (Å²) in [6.07, 6.45) is 2.26. The van der Waals surface area contributed by atoms with Crippen LogP contribution in [0.15, 0.2) is 18.2 Å². The molecule has 0 heterocycles. The third kappa shape index (κ3) is 4.98. The van der Waals surface area contributed by atoms with Crippen molar-refractivity contribution in [1.82, 2.24) is 0 Å². The summed E-state index contributed by atoms with van der Waals surface area (Å²) in [5.41, 5.74) is 0.353. The summed E-state index contributed by atoms with van der Waals surface area (Å²) in [6, 6.07) is 5.46. The summed E-state index contributed by atoms with van der Waals surface area (Å²) in [5, 5.41) is 0.517. The molecule has 0 radical (unpaired) electrons. The van der Waals surface area contributed by atoms with Crippen LogP contribution >= 0.6 is 11.6 Å². The van der Waals surface area contributed by atoms with Gasteiger partial charge in [0.15, 0.2) is 0 Å². The number of aryl methyl sites for hydroxylation is 1. The molecule has 0 bridgehead atoms. The van der Waals surface area contributed by atoms with Gasteiger partial charge in [-0.1, -0.05) is 23.7 Å². The number of benzene rings is 1. The lowest BCUT2D eigenvalue weighted by Crippen LogP contribution is -2.50. The quantitative estimate of drug-likeness (QED) is 0.666. The van der Waals surface area contributed by atoms with Crippen molar-refractivity contribution in [1.29, 1.82) is 0 Å². The Morgan fingerprint density at radius 1 is 1.27 bits per heavy atom. The zero-order valence-corrected chi connectivity index (χ0v) is 16.4. The first-order chi connectivity index (χ1) is 12.4. The van der Waals surface area contributed by atoms with Gasteiger partial charge in [0, 0.05) is 18.1 Å². The van der Waals surface area contributed by atoms with E-state index in [-0.39, 0.29) is 19.1 Å². The Morgan fingerprint density at radius 3 is 2.69 bits per heavy atom. The molecule has 0 amide bonds. The fourth-order valence-electron chi connectivity index (χ4n) is 3.44. The molecule has 0 aliphatic heterocycles. The zero-order valence-electron chi connectivity index (χ0n) is 15.7. The van der Waals surface area contributed by atoms with Gasteiger partial charge in [0.05, 0.1) is 19.1 Å². The molecule has 0 aromatic heterocycles. The molecular formula is C20H27ClO5. The maximum Gasteiger partial charge on any atom is 0.350 e. The lowest BCUT2D eigenvalue weighted by molar-refractivity contribution is -0.191. The summed E-state index contributed by atoms with van der Waals surface area (Å²) in [7, 11) is 0. The number of rotatable bonds is 7. The Labute approximate surface area is 160 Å². The monoisotopic (exact) mass is 382 g/mol. The van der Waals surface area contributed by atoms with Gasteiger partial charge in [-0.15, -0.1) is 0 Å². The number of hydrogen-bond acceptors (Lipinski definition) is 5. The molecule has 144 valence electrons. The van der Waals surface area contributed by atoms with Crippen LogP contribution in [0.5, 0.6) is 0 Å². The lowest BCUT2D eigenvalue weighted by atomic mass is 9.82. The van der Waals surface area contributed by atoms with Crippen LogP contribution in [-0.4, -0.2) is 36.9 Å². The highest BCUT2D eigenvalue weighted by molar-refractivity contribution is 6.31. The van der Waals surface area contributed by atoms with Gasteiger partial charge >= 0.3 is 11.9 Å². The molecule has 2 atom stereocenters. The molecule has 1 aliphatic carbocycles. The normalized spacial score (nSPS) is 22.7. The highest BCUT2D eigenvalue weighted by Gasteiger charge is 2.48. The SMILES string of the molecule is CCOC(=O)C1(OC(=O)Cc2c(C)cccc2Cl)CCCC(OCC)C1. The Hall–Kier alpha value is -1.59. The smallest absolute Gasteiger partial charge is 0.350 e. The first-order valence-corrected chi connectivity index (χ1v) is 9.54. The Balaban J connectivity index is 2.18. The fourth-order valence-corrected chi connectivity index (χ4v) is 3.72. The van der Waals surface area contributed by atoms with Gasteiger partial charge in [-0.05, 0) is 57.2 Å². The number of carbonyl (C=O) groups excluding carboxylic acids is 2. The van der Waals surface area contributed by atoms with Gasteiger partial charge in [-0.25, -0.2) is 4.79 Å². The van der Waals surface area contributed by atoms with Crippen molar-refractivity contribution in [3.63, 3.8) is 0 Å². The number of halogens is 1. The Bertz CT molecular complexity index is 623. The van der Waals surface area contributed by atoms with Crippen molar-refractivity contribution in [3.8, 4) is 0 Å². The molecule has 1 saturated carbocycles. The minimum absolute atomic E-state index is 0.0198. The van der Waals surface area contributed by atoms with Gasteiger partial charge in [-0.3, -0.25) is 4.79 Å². The molecule has 1 aromatic carbocycles. The number of esters is 2. The molecule has 0 N–H and O–H groups in total. The summed E-state index contributed by atoms with van der Waals surface area (Å²) < 4.78 is 16.6. The number of hydrogen-bond donors (Lipinski definition) is 0. The first-order valence-electron chi connectivity index (χ1n) is 9.16. The topological polar surface area (TPSA) is 61.8 Å². The fraction of sp³-hybridized carbons (Fsp3) is 0.600. The van der Waals surface area contributed by atoms with Crippen molar-refractivity contribution in [2.24, 2.45) is 0 Å². The second-order valence-electron chi connectivity index (χ2n) is 6.57. The molecule has 5 nitrogen and oxygen atoms in total. The summed E-state index contributed by atoms with van der Waals surface area (Å²) in [6.45, 7) is 6.33. The molecule has 2 unspecified atom stereocenters. The average Bonchev–Trinajstić information content (AvgIpc) is 2.59. The summed E-state index contributed by atoms with van der Waals surface area (Å²) >= 11 is 6.21. The predicted molar refractivity (Wildman–Crippen MR) is 99.2 cm³/mol. The standard InChI is InChI=1S/C20H27ClO5/c1-4-24-15-9-7-11-20(13-15,19(23)25-5-2)26-18(22)12-16-14(3)8-6-10-17(16)21/h6,8,10,15H,4-5,7,9,11-13H2,1-3H3. The Kier molecular flexibility index (Phi) is 7.47. The molecule has 2 rings (SSSR count). The van der Waals surface area contributed by atoms with Crippen LogP contribution in [0.4, 0.5) is 0 Å². The van der Waals surface area contributed by atoms with Crippen molar-refractivity contribution in [3.05, 3.63) is 34.3 Å². The van der Waals surface area contributed by atoms with E-state index in [9.17, 15) is 9.59 Å². The van der Waals surface area contributed by atoms with Crippen LogP contribution < -0.4 is 0 Å². The highest BCUT2D eigenvalue weighted by Crippen LogP contribution is 2.35. The van der Waals surface area contributed by atoms with Crippen molar-refractivity contribution >= 4 is 23.5 Å². The lowest BCUT2D eigenvalue weighted by Gasteiger charge is -2.38. The molecule has 6 heteroatoms. The third-order valence-electron chi connectivity index (χ3n) is 4.70. The second-order valence-corrected chi connectivity index (χ2v) is 6.98. The van der Waals surface area contributed by atoms with Gasteiger partial charge < -0.3 is 14.2 Å². The van der Waals surface area contributed by atoms with Crippen LogP contribution in [0, 0.1) is 6.92 Å². The van der Waals surface area contributed by atoms with Crippen molar-refractivity contribution in [2.75, 3.05) is 13.2 Å². The predicted octanol–water partition coefficient (Wildman–Crippen LogP) is 4.02. The first kappa shape index (κ1) is 20.7. The summed E-state index contributed by atoms with van der Waals surface area (Å²) in [5.74, 6) is -0.972. The van der Waals surface area contributed by atoms with Crippen molar-refractivity contribution < 1.29 is 23.8 Å². The largest absolute Gasteiger partial charge is 0.463 e. The van der Waals surface area contributed by atoms with E-state index in [2.05, 4.69) is 0 Å². The van der Waals surface area contributed by atoms with E-state index in [0.29, 0.717) is 24.5 Å². The van der Waals surface area contributed by atoms with E-state index in [0.717, 1.165) is 24.0 Å². The van der Waals surface area contributed by atoms with E-state index in [1.54, 1.807) is 13.0 Å². The molecule has 1 fully saturated rings. The van der Waals surface area contributed by atoms with Crippen LogP contribution in [0.3, 0.4) is 0 Å². The van der Waals surface area contributed by atoms with E-state index in [1.165, 1.54) is 0 Å². The van der Waals surface area contributed by atoms with Crippen molar-refractivity contribution in [2.45, 2.75) is 64.6 Å². The van der Waals surface area contributed by atoms with Gasteiger partial charge in [0.2, 0.25) is 5.60 Å². The Morgan fingerprint density at radius 2 is 2.04 bits per heavy atom. The number of carbonyl (C=O) groups is 2. The maximum atomic E-state index is 12.6. The summed E-state index contributed by atoms with van der Waals surface area (Å²) in [4.78, 5) is 25.2. The van der Waals surface area contributed by atoms with E-state index >= 15 is 0 Å². The highest BCUT2D eigenvalue weighted by atomic mass is 35.5. The molecule has 1 aromatic rings.